The molecule has 0 bridgehead atoms. The van der Waals surface area contributed by atoms with Crippen LogP contribution in [0, 0.1) is 6.92 Å². The number of methoxy groups -OCH3 is 1. The number of nitrogens with two attached hydrogens (primary N) is 1. The summed E-state index contributed by atoms with van der Waals surface area (Å²) >= 11 is 0. The molecule has 1 aliphatic heterocycles. The normalized spacial score (nSPS) is 25.0. The van der Waals surface area contributed by atoms with E-state index in [1.807, 2.05) is 6.92 Å². The van der Waals surface area contributed by atoms with Gasteiger partial charge in [-0.05, 0) is 43.2 Å². The van der Waals surface area contributed by atoms with Crippen LogP contribution in [0.25, 0.3) is 0 Å². The molecular formula is C23H45N3O5Si2. The van der Waals surface area contributed by atoms with E-state index in [2.05, 4.69) is 72.7 Å². The smallest absolute Gasteiger partial charge is 0.351 e. The van der Waals surface area contributed by atoms with Gasteiger partial charge in [-0.3, -0.25) is 4.57 Å². The Morgan fingerprint density at radius 3 is 2.09 bits per heavy atom. The summed E-state index contributed by atoms with van der Waals surface area (Å²) in [6.45, 7) is 24.3. The molecule has 190 valence electrons. The molecule has 2 unspecified atom stereocenters. The van der Waals surface area contributed by atoms with Gasteiger partial charge in [-0.15, -0.1) is 0 Å². The van der Waals surface area contributed by atoms with Crippen LogP contribution in [0.5, 0.6) is 0 Å². The van der Waals surface area contributed by atoms with Crippen LogP contribution in [-0.4, -0.2) is 58.2 Å². The van der Waals surface area contributed by atoms with Gasteiger partial charge in [0.25, 0.3) is 0 Å². The van der Waals surface area contributed by atoms with Crippen molar-refractivity contribution < 1.29 is 18.3 Å². The first-order chi connectivity index (χ1) is 14.8. The highest BCUT2D eigenvalue weighted by atomic mass is 28.4. The number of nitrogens with zero attached hydrogens (tertiary/aromatic N) is 2. The lowest BCUT2D eigenvalue weighted by molar-refractivity contribution is -0.0612. The predicted octanol–water partition coefficient (Wildman–Crippen LogP) is 4.46. The van der Waals surface area contributed by atoms with Gasteiger partial charge in [-0.25, -0.2) is 4.79 Å². The predicted molar refractivity (Wildman–Crippen MR) is 138 cm³/mol. The molecule has 0 amide bonds. The van der Waals surface area contributed by atoms with E-state index < -0.39 is 34.7 Å². The van der Waals surface area contributed by atoms with Crippen molar-refractivity contribution in [2.75, 3.05) is 19.5 Å². The van der Waals surface area contributed by atoms with Gasteiger partial charge < -0.3 is 24.1 Å². The zero-order chi connectivity index (χ0) is 25.6. The van der Waals surface area contributed by atoms with Crippen LogP contribution >= 0.6 is 0 Å². The quantitative estimate of drug-likeness (QED) is 0.553. The highest BCUT2D eigenvalue weighted by molar-refractivity contribution is 6.74. The molecule has 1 aliphatic rings. The summed E-state index contributed by atoms with van der Waals surface area (Å²) in [5.41, 5.74) is 6.08. The van der Waals surface area contributed by atoms with Crippen molar-refractivity contribution in [1.29, 1.82) is 0 Å². The van der Waals surface area contributed by atoms with Crippen LogP contribution < -0.4 is 11.4 Å². The molecule has 4 atom stereocenters. The topological polar surface area (TPSA) is 97.8 Å². The molecule has 8 nitrogen and oxygen atoms in total. The minimum absolute atomic E-state index is 0.00436. The zero-order valence-electron chi connectivity index (χ0n) is 22.6. The lowest BCUT2D eigenvalue weighted by atomic mass is 10.1. The average Bonchev–Trinajstić information content (AvgIpc) is 2.97. The third-order valence-electron chi connectivity index (χ3n) is 7.66. The Kier molecular flexibility index (Phi) is 8.15. The van der Waals surface area contributed by atoms with Gasteiger partial charge in [0.15, 0.2) is 22.9 Å². The summed E-state index contributed by atoms with van der Waals surface area (Å²) < 4.78 is 27.2. The Labute approximate surface area is 201 Å². The van der Waals surface area contributed by atoms with Crippen LogP contribution in [0.1, 0.15) is 53.3 Å². The Hall–Kier alpha value is -1.05. The van der Waals surface area contributed by atoms with Crippen molar-refractivity contribution in [2.45, 2.75) is 109 Å². The molecule has 2 rings (SSSR count). The molecule has 0 aliphatic carbocycles. The Morgan fingerprint density at radius 1 is 1.06 bits per heavy atom. The second-order valence-electron chi connectivity index (χ2n) is 12.2. The van der Waals surface area contributed by atoms with Gasteiger partial charge in [-0.2, -0.15) is 4.98 Å². The van der Waals surface area contributed by atoms with Gasteiger partial charge in [0.2, 0.25) is 0 Å². The van der Waals surface area contributed by atoms with Crippen LogP contribution in [0.3, 0.4) is 0 Å². The maximum Gasteiger partial charge on any atom is 0.351 e. The molecule has 33 heavy (non-hydrogen) atoms. The first kappa shape index (κ1) is 28.2. The van der Waals surface area contributed by atoms with Gasteiger partial charge >= 0.3 is 5.69 Å². The molecule has 2 N–H and O–H groups in total. The SMILES string of the molecule is COC1C(O[Si](C)(C)C(C)(C)C)[C@@H](CO[Si](C)(C)C(C)(C)C)O[C@H]1n1cc(C)c(N)nc1=O. The zero-order valence-corrected chi connectivity index (χ0v) is 24.6. The van der Waals surface area contributed by atoms with Crippen molar-refractivity contribution in [1.82, 2.24) is 9.55 Å². The highest BCUT2D eigenvalue weighted by Crippen LogP contribution is 2.43. The van der Waals surface area contributed by atoms with Gasteiger partial charge in [-0.1, -0.05) is 41.5 Å². The molecule has 2 heterocycles. The van der Waals surface area contributed by atoms with E-state index in [9.17, 15) is 4.79 Å². The number of ether oxygens (including phenoxy) is 2. The van der Waals surface area contributed by atoms with Crippen LogP contribution in [-0.2, 0) is 18.3 Å². The van der Waals surface area contributed by atoms with Crippen LogP contribution in [0.4, 0.5) is 5.82 Å². The summed E-state index contributed by atoms with van der Waals surface area (Å²) in [5.74, 6) is 0.218. The fraction of sp³-hybridized carbons (Fsp3) is 0.826. The summed E-state index contributed by atoms with van der Waals surface area (Å²) in [5, 5.41) is 0.0702. The summed E-state index contributed by atoms with van der Waals surface area (Å²) in [4.78, 5) is 16.7. The Morgan fingerprint density at radius 2 is 1.61 bits per heavy atom. The number of rotatable bonds is 7. The number of nitrogen functional groups attached to an aromatic ring is 1. The molecule has 1 fully saturated rings. The van der Waals surface area contributed by atoms with Crippen molar-refractivity contribution >= 4 is 22.5 Å². The third-order valence-corrected chi connectivity index (χ3v) is 16.6. The number of hydrogen-bond donors (Lipinski definition) is 1. The second-order valence-corrected chi connectivity index (χ2v) is 21.7. The van der Waals surface area contributed by atoms with E-state index in [1.54, 1.807) is 13.3 Å². The van der Waals surface area contributed by atoms with E-state index in [1.165, 1.54) is 4.57 Å². The number of aromatic nitrogens is 2. The molecule has 10 heteroatoms. The lowest BCUT2D eigenvalue weighted by Gasteiger charge is -2.41. The summed E-state index contributed by atoms with van der Waals surface area (Å²) in [7, 11) is -2.57. The fourth-order valence-corrected chi connectivity index (χ4v) is 5.58. The van der Waals surface area contributed by atoms with Crippen LogP contribution in [0.2, 0.25) is 36.3 Å². The summed E-state index contributed by atoms with van der Waals surface area (Å²) in [6.07, 6.45) is -0.253. The van der Waals surface area contributed by atoms with Gasteiger partial charge in [0.1, 0.15) is 24.1 Å². The number of aryl methyl sites for hydroxylation is 1. The molecule has 0 radical (unpaired) electrons. The minimum atomic E-state index is -2.17. The van der Waals surface area contributed by atoms with Gasteiger partial charge in [0.05, 0.1) is 6.61 Å². The van der Waals surface area contributed by atoms with Crippen molar-refractivity contribution in [3.05, 3.63) is 22.2 Å². The first-order valence-corrected chi connectivity index (χ1v) is 17.5. The van der Waals surface area contributed by atoms with E-state index >= 15 is 0 Å². The number of anilines is 1. The maximum atomic E-state index is 12.7. The van der Waals surface area contributed by atoms with Gasteiger partial charge in [0, 0.05) is 18.9 Å². The van der Waals surface area contributed by atoms with E-state index in [-0.39, 0.29) is 28.1 Å². The second kappa shape index (κ2) is 9.54. The summed E-state index contributed by atoms with van der Waals surface area (Å²) in [6, 6.07) is 0. The molecule has 1 saturated heterocycles. The first-order valence-electron chi connectivity index (χ1n) is 11.7. The monoisotopic (exact) mass is 499 g/mol. The molecular weight excluding hydrogens is 454 g/mol. The Balaban J connectivity index is 2.46. The standard InChI is InChI=1S/C23H45N3O5Si2/c1-15-13-26(21(27)25-19(15)24)20-18(28-8)17(31-33(11,12)23(5,6)7)16(30-20)14-29-32(9,10)22(2,3)4/h13,16-18,20H,14H2,1-12H3,(H2,24,25,27)/t16-,17?,18?,20-/m1/s1. The van der Waals surface area contributed by atoms with Crippen molar-refractivity contribution in [2.24, 2.45) is 0 Å². The van der Waals surface area contributed by atoms with E-state index in [0.717, 1.165) is 0 Å². The molecule has 0 saturated carbocycles. The Bertz CT molecular complexity index is 890. The fourth-order valence-electron chi connectivity index (χ4n) is 3.24. The van der Waals surface area contributed by atoms with Crippen molar-refractivity contribution in [3.63, 3.8) is 0 Å². The van der Waals surface area contributed by atoms with Crippen LogP contribution in [0.15, 0.2) is 11.0 Å². The minimum Gasteiger partial charge on any atom is -0.414 e. The highest BCUT2D eigenvalue weighted by Gasteiger charge is 2.52. The van der Waals surface area contributed by atoms with Crippen molar-refractivity contribution in [3.8, 4) is 0 Å². The largest absolute Gasteiger partial charge is 0.414 e. The maximum absolute atomic E-state index is 12.7. The third kappa shape index (κ3) is 5.97. The molecule has 0 aromatic carbocycles. The van der Waals surface area contributed by atoms with E-state index in [0.29, 0.717) is 12.2 Å². The van der Waals surface area contributed by atoms with E-state index in [4.69, 9.17) is 24.1 Å². The lowest BCUT2D eigenvalue weighted by Crippen LogP contribution is -2.51. The number of hydrogen-bond acceptors (Lipinski definition) is 7. The molecule has 1 aromatic heterocycles. The molecule has 0 spiro atoms. The average molecular weight is 500 g/mol. The molecule has 1 aromatic rings.